The number of methoxy groups -OCH3 is 1. The van der Waals surface area contributed by atoms with E-state index in [1.54, 1.807) is 20.1 Å². The fraction of sp³-hybridized carbons (Fsp3) is 0.182. The summed E-state index contributed by atoms with van der Waals surface area (Å²) < 4.78 is 5.97. The Morgan fingerprint density at radius 2 is 2.25 bits per heavy atom. The van der Waals surface area contributed by atoms with Gasteiger partial charge in [-0.15, -0.1) is 0 Å². The van der Waals surface area contributed by atoms with Gasteiger partial charge < -0.3 is 15.2 Å². The minimum absolute atomic E-state index is 0.553. The molecule has 0 bridgehead atoms. The van der Waals surface area contributed by atoms with Crippen molar-refractivity contribution in [3.05, 3.63) is 34.4 Å². The summed E-state index contributed by atoms with van der Waals surface area (Å²) in [4.78, 5) is 10.4. The van der Waals surface area contributed by atoms with E-state index in [-0.39, 0.29) is 0 Å². The monoisotopic (exact) mass is 285 g/mol. The Morgan fingerprint density at radius 1 is 1.56 bits per heavy atom. The summed E-state index contributed by atoms with van der Waals surface area (Å²) in [6.45, 7) is 1.68. The van der Waals surface area contributed by atoms with Crippen molar-refractivity contribution >= 4 is 27.6 Å². The van der Waals surface area contributed by atoms with Gasteiger partial charge in [0.2, 0.25) is 0 Å². The standard InChI is InChI=1S/C11H12BrNO3/c1-7(5-11(14)15)13-8-3-4-9(12)10(6-8)16-2/h3-6,13H,1-2H3,(H,14,15). The lowest BCUT2D eigenvalue weighted by Gasteiger charge is -2.09. The number of halogens is 1. The maximum Gasteiger partial charge on any atom is 0.330 e. The maximum atomic E-state index is 10.4. The molecule has 0 aliphatic heterocycles. The number of hydrogen-bond acceptors (Lipinski definition) is 3. The van der Waals surface area contributed by atoms with Gasteiger partial charge in [0.1, 0.15) is 5.75 Å². The lowest BCUT2D eigenvalue weighted by molar-refractivity contribution is -0.131. The van der Waals surface area contributed by atoms with Gasteiger partial charge in [-0.25, -0.2) is 4.79 Å². The van der Waals surface area contributed by atoms with Gasteiger partial charge in [-0.1, -0.05) is 0 Å². The van der Waals surface area contributed by atoms with Gasteiger partial charge >= 0.3 is 5.97 Å². The smallest absolute Gasteiger partial charge is 0.330 e. The van der Waals surface area contributed by atoms with Gasteiger partial charge in [0, 0.05) is 23.5 Å². The average Bonchev–Trinajstić information content (AvgIpc) is 2.19. The number of carboxylic acids is 1. The zero-order valence-electron chi connectivity index (χ0n) is 8.95. The molecule has 0 aliphatic rings. The highest BCUT2D eigenvalue weighted by molar-refractivity contribution is 9.10. The van der Waals surface area contributed by atoms with Gasteiger partial charge in [0.15, 0.2) is 0 Å². The van der Waals surface area contributed by atoms with Crippen LogP contribution in [0.4, 0.5) is 5.69 Å². The molecule has 0 amide bonds. The van der Waals surface area contributed by atoms with Crippen molar-refractivity contribution in [2.75, 3.05) is 12.4 Å². The van der Waals surface area contributed by atoms with Gasteiger partial charge in [0.25, 0.3) is 0 Å². The lowest BCUT2D eigenvalue weighted by atomic mass is 10.3. The largest absolute Gasteiger partial charge is 0.495 e. The third-order valence-corrected chi connectivity index (χ3v) is 2.49. The van der Waals surface area contributed by atoms with E-state index in [1.807, 2.05) is 12.1 Å². The van der Waals surface area contributed by atoms with Gasteiger partial charge in [-0.05, 0) is 35.0 Å². The molecule has 0 saturated carbocycles. The summed E-state index contributed by atoms with van der Waals surface area (Å²) in [5, 5.41) is 11.5. The highest BCUT2D eigenvalue weighted by Crippen LogP contribution is 2.28. The number of benzene rings is 1. The molecule has 0 atom stereocenters. The number of aliphatic carboxylic acids is 1. The molecule has 1 aromatic carbocycles. The van der Waals surface area contributed by atoms with E-state index < -0.39 is 5.97 Å². The van der Waals surface area contributed by atoms with Crippen LogP contribution in [0.1, 0.15) is 6.92 Å². The van der Waals surface area contributed by atoms with E-state index in [4.69, 9.17) is 9.84 Å². The summed E-state index contributed by atoms with van der Waals surface area (Å²) in [7, 11) is 1.57. The number of allylic oxidation sites excluding steroid dienone is 1. The van der Waals surface area contributed by atoms with Crippen LogP contribution in [0.25, 0.3) is 0 Å². The van der Waals surface area contributed by atoms with Crippen molar-refractivity contribution < 1.29 is 14.6 Å². The second-order valence-corrected chi connectivity index (χ2v) is 3.99. The van der Waals surface area contributed by atoms with Crippen molar-refractivity contribution in [3.63, 3.8) is 0 Å². The fourth-order valence-electron chi connectivity index (χ4n) is 1.19. The summed E-state index contributed by atoms with van der Waals surface area (Å²) in [5.41, 5.74) is 1.33. The number of hydrogen-bond donors (Lipinski definition) is 2. The Labute approximate surface area is 102 Å². The minimum atomic E-state index is -0.978. The number of carboxylic acid groups (broad SMARTS) is 1. The first-order chi connectivity index (χ1) is 7.52. The zero-order chi connectivity index (χ0) is 12.1. The Balaban J connectivity index is 2.86. The van der Waals surface area contributed by atoms with Crippen LogP contribution in [-0.4, -0.2) is 18.2 Å². The van der Waals surface area contributed by atoms with Crippen LogP contribution in [0, 0.1) is 0 Å². The topological polar surface area (TPSA) is 58.6 Å². The van der Waals surface area contributed by atoms with Crippen LogP contribution in [0.3, 0.4) is 0 Å². The normalized spacial score (nSPS) is 11.1. The zero-order valence-corrected chi connectivity index (χ0v) is 10.5. The van der Waals surface area contributed by atoms with Crippen molar-refractivity contribution in [2.45, 2.75) is 6.92 Å². The number of anilines is 1. The molecule has 0 aromatic heterocycles. The quantitative estimate of drug-likeness (QED) is 0.836. The van der Waals surface area contributed by atoms with E-state index in [0.29, 0.717) is 11.4 Å². The van der Waals surface area contributed by atoms with Crippen LogP contribution in [0.2, 0.25) is 0 Å². The molecule has 4 nitrogen and oxygen atoms in total. The molecule has 2 N–H and O–H groups in total. The second kappa shape index (κ2) is 5.55. The number of carbonyl (C=O) groups is 1. The van der Waals surface area contributed by atoms with Crippen LogP contribution in [-0.2, 0) is 4.79 Å². The van der Waals surface area contributed by atoms with Gasteiger partial charge in [0.05, 0.1) is 11.6 Å². The first-order valence-electron chi connectivity index (χ1n) is 4.54. The van der Waals surface area contributed by atoms with Crippen LogP contribution < -0.4 is 10.1 Å². The average molecular weight is 286 g/mol. The van der Waals surface area contributed by atoms with Crippen LogP contribution >= 0.6 is 15.9 Å². The molecule has 86 valence electrons. The second-order valence-electron chi connectivity index (χ2n) is 3.14. The summed E-state index contributed by atoms with van der Waals surface area (Å²) in [6, 6.07) is 5.43. The molecule has 0 spiro atoms. The predicted octanol–water partition coefficient (Wildman–Crippen LogP) is 2.86. The molecule has 1 rings (SSSR count). The molecule has 0 fully saturated rings. The van der Waals surface area contributed by atoms with E-state index in [9.17, 15) is 4.79 Å². The molecule has 0 unspecified atom stereocenters. The number of rotatable bonds is 4. The highest BCUT2D eigenvalue weighted by atomic mass is 79.9. The molecular weight excluding hydrogens is 274 g/mol. The third kappa shape index (κ3) is 3.58. The first-order valence-corrected chi connectivity index (χ1v) is 5.34. The van der Waals surface area contributed by atoms with Gasteiger partial charge in [-0.3, -0.25) is 0 Å². The van der Waals surface area contributed by atoms with E-state index in [2.05, 4.69) is 21.2 Å². The molecular formula is C11H12BrNO3. The highest BCUT2D eigenvalue weighted by Gasteiger charge is 2.02. The molecule has 0 aliphatic carbocycles. The van der Waals surface area contributed by atoms with Gasteiger partial charge in [-0.2, -0.15) is 0 Å². The molecule has 16 heavy (non-hydrogen) atoms. The maximum absolute atomic E-state index is 10.4. The molecule has 1 aromatic rings. The van der Waals surface area contributed by atoms with Crippen molar-refractivity contribution in [1.82, 2.24) is 0 Å². The summed E-state index contributed by atoms with van der Waals surface area (Å²) >= 11 is 3.34. The van der Waals surface area contributed by atoms with E-state index in [1.165, 1.54) is 0 Å². The van der Waals surface area contributed by atoms with Crippen LogP contribution in [0.15, 0.2) is 34.4 Å². The summed E-state index contributed by atoms with van der Waals surface area (Å²) in [6.07, 6.45) is 1.11. The van der Waals surface area contributed by atoms with E-state index >= 15 is 0 Å². The Morgan fingerprint density at radius 3 is 2.81 bits per heavy atom. The predicted molar refractivity (Wildman–Crippen MR) is 65.7 cm³/mol. The third-order valence-electron chi connectivity index (χ3n) is 1.83. The SMILES string of the molecule is COc1cc(NC(C)=CC(=O)O)ccc1Br. The minimum Gasteiger partial charge on any atom is -0.495 e. The lowest BCUT2D eigenvalue weighted by Crippen LogP contribution is -1.99. The molecule has 0 radical (unpaired) electrons. The number of nitrogens with one attached hydrogen (secondary N) is 1. The van der Waals surface area contributed by atoms with Crippen molar-refractivity contribution in [2.24, 2.45) is 0 Å². The molecule has 5 heteroatoms. The van der Waals surface area contributed by atoms with Crippen molar-refractivity contribution in [3.8, 4) is 5.75 Å². The first kappa shape index (κ1) is 12.6. The summed E-state index contributed by atoms with van der Waals surface area (Å²) in [5.74, 6) is -0.290. The Hall–Kier alpha value is -1.49. The Kier molecular flexibility index (Phi) is 4.37. The molecule has 0 heterocycles. The Bertz CT molecular complexity index is 429. The van der Waals surface area contributed by atoms with E-state index in [0.717, 1.165) is 16.2 Å². The fourth-order valence-corrected chi connectivity index (χ4v) is 1.60. The van der Waals surface area contributed by atoms with Crippen molar-refractivity contribution in [1.29, 1.82) is 0 Å². The molecule has 0 saturated heterocycles. The number of ether oxygens (including phenoxy) is 1. The van der Waals surface area contributed by atoms with Crippen LogP contribution in [0.5, 0.6) is 5.75 Å².